The maximum atomic E-state index is 11.9. The van der Waals surface area contributed by atoms with Crippen molar-refractivity contribution in [2.24, 2.45) is 0 Å². The minimum absolute atomic E-state index is 0.0235. The van der Waals surface area contributed by atoms with Gasteiger partial charge < -0.3 is 20.6 Å². The quantitative estimate of drug-likeness (QED) is 0.648. The Morgan fingerprint density at radius 3 is 2.89 bits per heavy atom. The first-order valence-corrected chi connectivity index (χ1v) is 6.09. The van der Waals surface area contributed by atoms with E-state index in [2.05, 4.69) is 10.6 Å². The van der Waals surface area contributed by atoms with E-state index in [1.54, 1.807) is 0 Å². The minimum Gasteiger partial charge on any atom is -0.480 e. The van der Waals surface area contributed by atoms with Gasteiger partial charge in [-0.15, -0.1) is 0 Å². The van der Waals surface area contributed by atoms with E-state index in [1.165, 1.54) is 4.90 Å². The number of carbonyl (C=O) groups excluding carboxylic acids is 2. The number of carboxylic acid groups (broad SMARTS) is 1. The first-order chi connectivity index (χ1) is 8.54. The molecule has 0 saturated carbocycles. The summed E-state index contributed by atoms with van der Waals surface area (Å²) >= 11 is 0. The highest BCUT2D eigenvalue weighted by atomic mass is 16.4. The zero-order valence-electron chi connectivity index (χ0n) is 10.4. The molecule has 1 rings (SSSR count). The first kappa shape index (κ1) is 14.3. The number of hydrogen-bond donors (Lipinski definition) is 3. The molecule has 1 atom stereocenters. The highest BCUT2D eigenvalue weighted by Crippen LogP contribution is 2.01. The maximum absolute atomic E-state index is 11.9. The van der Waals surface area contributed by atoms with Crippen LogP contribution in [-0.2, 0) is 9.59 Å². The Kier molecular flexibility index (Phi) is 5.41. The first-order valence-electron chi connectivity index (χ1n) is 6.09. The molecule has 1 aliphatic rings. The Hall–Kier alpha value is -1.79. The molecular weight excluding hydrogens is 238 g/mol. The molecule has 0 radical (unpaired) electrons. The van der Waals surface area contributed by atoms with Gasteiger partial charge in [0.2, 0.25) is 5.91 Å². The SMILES string of the molecule is CCC[C@@H](NC(=O)N1CCCNC(=O)C1)C(=O)O. The van der Waals surface area contributed by atoms with Crippen molar-refractivity contribution in [2.75, 3.05) is 19.6 Å². The van der Waals surface area contributed by atoms with Crippen molar-refractivity contribution in [1.82, 2.24) is 15.5 Å². The summed E-state index contributed by atoms with van der Waals surface area (Å²) in [6.45, 7) is 2.81. The largest absolute Gasteiger partial charge is 0.480 e. The molecule has 1 heterocycles. The van der Waals surface area contributed by atoms with E-state index in [1.807, 2.05) is 6.92 Å². The summed E-state index contributed by atoms with van der Waals surface area (Å²) in [4.78, 5) is 35.4. The lowest BCUT2D eigenvalue weighted by molar-refractivity contribution is -0.139. The summed E-state index contributed by atoms with van der Waals surface area (Å²) in [6.07, 6.45) is 1.71. The summed E-state index contributed by atoms with van der Waals surface area (Å²) in [5.74, 6) is -1.27. The Morgan fingerprint density at radius 2 is 2.28 bits per heavy atom. The van der Waals surface area contributed by atoms with Gasteiger partial charge in [-0.1, -0.05) is 13.3 Å². The third-order valence-corrected chi connectivity index (χ3v) is 2.72. The molecule has 0 aliphatic carbocycles. The van der Waals surface area contributed by atoms with Gasteiger partial charge in [0.15, 0.2) is 0 Å². The average molecular weight is 257 g/mol. The van der Waals surface area contributed by atoms with Crippen molar-refractivity contribution >= 4 is 17.9 Å². The lowest BCUT2D eigenvalue weighted by Gasteiger charge is -2.22. The second-order valence-electron chi connectivity index (χ2n) is 4.25. The van der Waals surface area contributed by atoms with E-state index >= 15 is 0 Å². The molecule has 0 aromatic heterocycles. The molecule has 1 saturated heterocycles. The van der Waals surface area contributed by atoms with Gasteiger partial charge in [0, 0.05) is 13.1 Å². The molecule has 1 fully saturated rings. The minimum atomic E-state index is -1.05. The molecule has 0 aromatic carbocycles. The molecule has 3 N–H and O–H groups in total. The van der Waals surface area contributed by atoms with Crippen molar-refractivity contribution in [3.8, 4) is 0 Å². The third-order valence-electron chi connectivity index (χ3n) is 2.72. The predicted molar refractivity (Wildman–Crippen MR) is 64.1 cm³/mol. The normalized spacial score (nSPS) is 17.6. The summed E-state index contributed by atoms with van der Waals surface area (Å²) in [6, 6.07) is -1.39. The lowest BCUT2D eigenvalue weighted by Crippen LogP contribution is -2.49. The monoisotopic (exact) mass is 257 g/mol. The van der Waals surface area contributed by atoms with Crippen LogP contribution in [0.15, 0.2) is 0 Å². The summed E-state index contributed by atoms with van der Waals surface area (Å²) < 4.78 is 0. The number of carbonyl (C=O) groups is 3. The second-order valence-corrected chi connectivity index (χ2v) is 4.25. The number of nitrogens with one attached hydrogen (secondary N) is 2. The predicted octanol–water partition coefficient (Wildman–Crippen LogP) is -0.229. The van der Waals surface area contributed by atoms with E-state index in [0.29, 0.717) is 32.4 Å². The molecule has 0 unspecified atom stereocenters. The van der Waals surface area contributed by atoms with Gasteiger partial charge in [-0.25, -0.2) is 9.59 Å². The van der Waals surface area contributed by atoms with Crippen LogP contribution in [0.3, 0.4) is 0 Å². The second kappa shape index (κ2) is 6.83. The summed E-state index contributed by atoms with van der Waals surface area (Å²) in [5.41, 5.74) is 0. The van der Waals surface area contributed by atoms with Crippen LogP contribution in [0.4, 0.5) is 4.79 Å². The van der Waals surface area contributed by atoms with Crippen molar-refractivity contribution in [3.63, 3.8) is 0 Å². The third kappa shape index (κ3) is 4.23. The standard InChI is InChI=1S/C11H19N3O4/c1-2-4-8(10(16)17)13-11(18)14-6-3-5-12-9(15)7-14/h8H,2-7H2,1H3,(H,12,15)(H,13,18)(H,16,17)/t8-/m1/s1. The molecule has 7 nitrogen and oxygen atoms in total. The Morgan fingerprint density at radius 1 is 1.56 bits per heavy atom. The molecule has 18 heavy (non-hydrogen) atoms. The van der Waals surface area contributed by atoms with Gasteiger partial charge in [-0.2, -0.15) is 0 Å². The van der Waals surface area contributed by atoms with Crippen LogP contribution in [0.1, 0.15) is 26.2 Å². The Labute approximate surface area is 106 Å². The van der Waals surface area contributed by atoms with Gasteiger partial charge in [-0.05, 0) is 12.8 Å². The molecule has 3 amide bonds. The lowest BCUT2D eigenvalue weighted by atomic mass is 10.2. The molecule has 102 valence electrons. The van der Waals surface area contributed by atoms with Gasteiger partial charge in [-0.3, -0.25) is 4.79 Å². The molecular formula is C11H19N3O4. The summed E-state index contributed by atoms with van der Waals surface area (Å²) in [5, 5.41) is 14.0. The van der Waals surface area contributed by atoms with E-state index in [4.69, 9.17) is 5.11 Å². The fourth-order valence-electron chi connectivity index (χ4n) is 1.77. The Bertz CT molecular complexity index is 332. The number of nitrogens with zero attached hydrogens (tertiary/aromatic N) is 1. The van der Waals surface area contributed by atoms with Crippen LogP contribution >= 0.6 is 0 Å². The molecule has 0 bridgehead atoms. The van der Waals surface area contributed by atoms with Gasteiger partial charge in [0.25, 0.3) is 0 Å². The van der Waals surface area contributed by atoms with Crippen LogP contribution in [0.5, 0.6) is 0 Å². The van der Waals surface area contributed by atoms with Crippen LogP contribution < -0.4 is 10.6 Å². The van der Waals surface area contributed by atoms with Crippen molar-refractivity contribution in [2.45, 2.75) is 32.2 Å². The van der Waals surface area contributed by atoms with Gasteiger partial charge in [0.05, 0.1) is 0 Å². The number of rotatable bonds is 4. The smallest absolute Gasteiger partial charge is 0.326 e. The van der Waals surface area contributed by atoms with Crippen molar-refractivity contribution in [3.05, 3.63) is 0 Å². The zero-order chi connectivity index (χ0) is 13.5. The van der Waals surface area contributed by atoms with E-state index < -0.39 is 18.0 Å². The number of urea groups is 1. The number of carboxylic acids is 1. The topological polar surface area (TPSA) is 98.7 Å². The van der Waals surface area contributed by atoms with E-state index in [0.717, 1.165) is 0 Å². The zero-order valence-corrected chi connectivity index (χ0v) is 10.4. The van der Waals surface area contributed by atoms with Crippen LogP contribution in [-0.4, -0.2) is 53.6 Å². The summed E-state index contributed by atoms with van der Waals surface area (Å²) in [7, 11) is 0. The Balaban J connectivity index is 2.56. The molecule has 0 spiro atoms. The number of amides is 3. The molecule has 7 heteroatoms. The van der Waals surface area contributed by atoms with Crippen molar-refractivity contribution < 1.29 is 19.5 Å². The van der Waals surface area contributed by atoms with Crippen LogP contribution in [0, 0.1) is 0 Å². The van der Waals surface area contributed by atoms with E-state index in [-0.39, 0.29) is 12.5 Å². The van der Waals surface area contributed by atoms with Crippen LogP contribution in [0.25, 0.3) is 0 Å². The fraction of sp³-hybridized carbons (Fsp3) is 0.727. The molecule has 0 aromatic rings. The van der Waals surface area contributed by atoms with Gasteiger partial charge >= 0.3 is 12.0 Å². The molecule has 1 aliphatic heterocycles. The average Bonchev–Trinajstić information content (AvgIpc) is 2.53. The highest BCUT2D eigenvalue weighted by Gasteiger charge is 2.24. The van der Waals surface area contributed by atoms with Crippen molar-refractivity contribution in [1.29, 1.82) is 0 Å². The maximum Gasteiger partial charge on any atom is 0.326 e. The fourth-order valence-corrected chi connectivity index (χ4v) is 1.77. The highest BCUT2D eigenvalue weighted by molar-refractivity contribution is 5.86. The number of aliphatic carboxylic acids is 1. The van der Waals surface area contributed by atoms with Gasteiger partial charge in [0.1, 0.15) is 12.6 Å². The number of hydrogen-bond acceptors (Lipinski definition) is 3. The van der Waals surface area contributed by atoms with Crippen LogP contribution in [0.2, 0.25) is 0 Å². The van der Waals surface area contributed by atoms with E-state index in [9.17, 15) is 14.4 Å².